The van der Waals surface area contributed by atoms with E-state index in [1.54, 1.807) is 0 Å². The van der Waals surface area contributed by atoms with Gasteiger partial charge in [0.25, 0.3) is 0 Å². The molecular formula is C15H14BrN. The van der Waals surface area contributed by atoms with Gasteiger partial charge < -0.3 is 17.0 Å². The molecule has 0 unspecified atom stereocenters. The second kappa shape index (κ2) is 4.84. The lowest BCUT2D eigenvalue weighted by molar-refractivity contribution is -0.641. The lowest BCUT2D eigenvalue weighted by atomic mass is 10.1. The van der Waals surface area contributed by atoms with E-state index in [1.165, 1.54) is 21.8 Å². The standard InChI is InChI=1S/C15H14N.BrH/c1-2-16-14-9-5-3-7-12(14)11-13-8-4-6-10-15(13)16;/h3-11H,2H2,1H3;1H/q+1;/p-1. The number of para-hydroxylation sites is 2. The highest BCUT2D eigenvalue weighted by Gasteiger charge is 2.11. The quantitative estimate of drug-likeness (QED) is 0.448. The van der Waals surface area contributed by atoms with Crippen LogP contribution in [0.25, 0.3) is 21.8 Å². The van der Waals surface area contributed by atoms with Crippen molar-refractivity contribution in [1.29, 1.82) is 0 Å². The zero-order valence-electron chi connectivity index (χ0n) is 9.73. The topological polar surface area (TPSA) is 3.88 Å². The Bertz CT molecular complexity index is 607. The van der Waals surface area contributed by atoms with Crippen LogP contribution < -0.4 is 21.5 Å². The first kappa shape index (κ1) is 12.1. The highest BCUT2D eigenvalue weighted by molar-refractivity contribution is 5.88. The van der Waals surface area contributed by atoms with Crippen molar-refractivity contribution in [3.05, 3.63) is 54.6 Å². The van der Waals surface area contributed by atoms with Crippen molar-refractivity contribution in [3.8, 4) is 0 Å². The third-order valence-corrected chi connectivity index (χ3v) is 3.08. The number of hydrogen-bond donors (Lipinski definition) is 0. The summed E-state index contributed by atoms with van der Waals surface area (Å²) in [4.78, 5) is 0. The van der Waals surface area contributed by atoms with Gasteiger partial charge in [-0.25, -0.2) is 0 Å². The van der Waals surface area contributed by atoms with Gasteiger partial charge in [-0.05, 0) is 25.1 Å². The second-order valence-corrected chi connectivity index (χ2v) is 4.01. The molecule has 2 aromatic carbocycles. The summed E-state index contributed by atoms with van der Waals surface area (Å²) in [6.45, 7) is 3.20. The highest BCUT2D eigenvalue weighted by atomic mass is 79.9. The fraction of sp³-hybridized carbons (Fsp3) is 0.133. The Labute approximate surface area is 111 Å². The van der Waals surface area contributed by atoms with Gasteiger partial charge in [-0.3, -0.25) is 0 Å². The molecule has 0 N–H and O–H groups in total. The van der Waals surface area contributed by atoms with Crippen molar-refractivity contribution < 1.29 is 21.5 Å². The minimum Gasteiger partial charge on any atom is -1.00 e. The molecule has 0 spiro atoms. The van der Waals surface area contributed by atoms with Crippen LogP contribution >= 0.6 is 0 Å². The molecule has 1 heterocycles. The van der Waals surface area contributed by atoms with Crippen LogP contribution in [0.3, 0.4) is 0 Å². The first-order valence-electron chi connectivity index (χ1n) is 5.70. The summed E-state index contributed by atoms with van der Waals surface area (Å²) < 4.78 is 2.37. The third kappa shape index (κ3) is 1.93. The summed E-state index contributed by atoms with van der Waals surface area (Å²) in [5.74, 6) is 0. The molecule has 0 bridgehead atoms. The Morgan fingerprint density at radius 1 is 0.824 bits per heavy atom. The van der Waals surface area contributed by atoms with Crippen LogP contribution in [0.5, 0.6) is 0 Å². The zero-order chi connectivity index (χ0) is 11.0. The number of nitrogens with zero attached hydrogens (tertiary/aromatic N) is 1. The molecule has 0 saturated heterocycles. The molecule has 1 aromatic heterocycles. The van der Waals surface area contributed by atoms with Gasteiger partial charge in [0.2, 0.25) is 11.0 Å². The van der Waals surface area contributed by atoms with Crippen LogP contribution in [-0.2, 0) is 6.54 Å². The van der Waals surface area contributed by atoms with Crippen LogP contribution in [0, 0.1) is 0 Å². The van der Waals surface area contributed by atoms with Gasteiger partial charge in [0.05, 0.1) is 0 Å². The van der Waals surface area contributed by atoms with Gasteiger partial charge in [-0.1, -0.05) is 24.3 Å². The molecular weight excluding hydrogens is 274 g/mol. The monoisotopic (exact) mass is 287 g/mol. The molecule has 0 aliphatic heterocycles. The molecule has 0 amide bonds. The molecule has 0 atom stereocenters. The molecule has 3 rings (SSSR count). The van der Waals surface area contributed by atoms with Crippen molar-refractivity contribution in [2.75, 3.05) is 0 Å². The fourth-order valence-corrected chi connectivity index (χ4v) is 2.35. The van der Waals surface area contributed by atoms with Crippen LogP contribution in [0.15, 0.2) is 54.6 Å². The Morgan fingerprint density at radius 3 is 1.76 bits per heavy atom. The van der Waals surface area contributed by atoms with Crippen molar-refractivity contribution in [2.45, 2.75) is 13.5 Å². The molecule has 0 aliphatic rings. The van der Waals surface area contributed by atoms with E-state index >= 15 is 0 Å². The summed E-state index contributed by atoms with van der Waals surface area (Å²) >= 11 is 0. The number of halogens is 1. The molecule has 0 aliphatic carbocycles. The average Bonchev–Trinajstić information content (AvgIpc) is 2.36. The van der Waals surface area contributed by atoms with E-state index in [2.05, 4.69) is 66.1 Å². The number of fused-ring (bicyclic) bond motifs is 2. The van der Waals surface area contributed by atoms with Crippen LogP contribution in [0.2, 0.25) is 0 Å². The average molecular weight is 288 g/mol. The maximum atomic E-state index is 2.37. The molecule has 0 fully saturated rings. The van der Waals surface area contributed by atoms with Crippen LogP contribution in [-0.4, -0.2) is 0 Å². The van der Waals surface area contributed by atoms with Gasteiger partial charge >= 0.3 is 0 Å². The number of rotatable bonds is 1. The Kier molecular flexibility index (Phi) is 3.43. The molecule has 86 valence electrons. The maximum Gasteiger partial charge on any atom is 0.212 e. The molecule has 17 heavy (non-hydrogen) atoms. The van der Waals surface area contributed by atoms with Gasteiger partial charge in [0.1, 0.15) is 6.54 Å². The zero-order valence-corrected chi connectivity index (χ0v) is 11.3. The minimum atomic E-state index is 0. The van der Waals surface area contributed by atoms with E-state index in [9.17, 15) is 0 Å². The fourth-order valence-electron chi connectivity index (χ4n) is 2.35. The Morgan fingerprint density at radius 2 is 1.29 bits per heavy atom. The van der Waals surface area contributed by atoms with Crippen molar-refractivity contribution in [1.82, 2.24) is 0 Å². The van der Waals surface area contributed by atoms with Crippen molar-refractivity contribution >= 4 is 21.8 Å². The number of hydrogen-bond acceptors (Lipinski definition) is 0. The van der Waals surface area contributed by atoms with Crippen LogP contribution in [0.4, 0.5) is 0 Å². The molecule has 1 nitrogen and oxygen atoms in total. The number of aromatic nitrogens is 1. The molecule has 3 aromatic rings. The summed E-state index contributed by atoms with van der Waals surface area (Å²) in [5.41, 5.74) is 2.62. The highest BCUT2D eigenvalue weighted by Crippen LogP contribution is 2.17. The minimum absolute atomic E-state index is 0. The lowest BCUT2D eigenvalue weighted by Crippen LogP contribution is -3.00. The summed E-state index contributed by atoms with van der Waals surface area (Å²) in [6, 6.07) is 19.4. The first-order valence-corrected chi connectivity index (χ1v) is 5.70. The number of benzene rings is 2. The summed E-state index contributed by atoms with van der Waals surface area (Å²) in [7, 11) is 0. The Hall–Kier alpha value is -1.41. The number of aryl methyl sites for hydroxylation is 1. The third-order valence-electron chi connectivity index (χ3n) is 3.08. The van der Waals surface area contributed by atoms with Crippen LogP contribution in [0.1, 0.15) is 6.92 Å². The molecule has 2 heteroatoms. The lowest BCUT2D eigenvalue weighted by Gasteiger charge is -2.03. The predicted molar refractivity (Wildman–Crippen MR) is 67.3 cm³/mol. The van der Waals surface area contributed by atoms with E-state index in [0.717, 1.165) is 6.54 Å². The van der Waals surface area contributed by atoms with E-state index < -0.39 is 0 Å². The van der Waals surface area contributed by atoms with Crippen molar-refractivity contribution in [3.63, 3.8) is 0 Å². The van der Waals surface area contributed by atoms with E-state index in [0.29, 0.717) is 0 Å². The van der Waals surface area contributed by atoms with Gasteiger partial charge in [-0.2, -0.15) is 4.57 Å². The van der Waals surface area contributed by atoms with E-state index in [-0.39, 0.29) is 17.0 Å². The smallest absolute Gasteiger partial charge is 0.212 e. The van der Waals surface area contributed by atoms with Crippen molar-refractivity contribution in [2.24, 2.45) is 0 Å². The normalized spacial score (nSPS) is 10.4. The summed E-state index contributed by atoms with van der Waals surface area (Å²) in [6.07, 6.45) is 0. The Balaban J connectivity index is 0.00000108. The summed E-state index contributed by atoms with van der Waals surface area (Å²) in [5, 5.41) is 2.62. The van der Waals surface area contributed by atoms with E-state index in [1.807, 2.05) is 0 Å². The molecule has 0 saturated carbocycles. The first-order chi connectivity index (χ1) is 7.90. The SMILES string of the molecule is CC[n+]1c2ccccc2cc2ccccc21.[Br-]. The van der Waals surface area contributed by atoms with Gasteiger partial charge in [-0.15, -0.1) is 0 Å². The predicted octanol–water partition coefficient (Wildman–Crippen LogP) is 0.304. The number of pyridine rings is 1. The largest absolute Gasteiger partial charge is 1.00 e. The van der Waals surface area contributed by atoms with Gasteiger partial charge in [0.15, 0.2) is 0 Å². The van der Waals surface area contributed by atoms with E-state index in [4.69, 9.17) is 0 Å². The maximum absolute atomic E-state index is 2.37. The van der Waals surface area contributed by atoms with Gasteiger partial charge in [0, 0.05) is 22.9 Å². The molecule has 0 radical (unpaired) electrons. The second-order valence-electron chi connectivity index (χ2n) is 4.01.